The predicted octanol–water partition coefficient (Wildman–Crippen LogP) is 3.78. The molecule has 0 unspecified atom stereocenters. The van der Waals surface area contributed by atoms with E-state index in [0.717, 1.165) is 41.3 Å². The summed E-state index contributed by atoms with van der Waals surface area (Å²) in [6, 6.07) is 12.2. The quantitative estimate of drug-likeness (QED) is 0.899. The summed E-state index contributed by atoms with van der Waals surface area (Å²) in [7, 11) is 0. The summed E-state index contributed by atoms with van der Waals surface area (Å²) in [5.74, 6) is 2.83. The SMILES string of the molecule is O=C(CSCc1ccc2c(c1)OCO2)Nc1ccc2c(c1)CCC2. The number of hydrogen-bond acceptors (Lipinski definition) is 4. The van der Waals surface area contributed by atoms with Gasteiger partial charge in [0.1, 0.15) is 0 Å². The first-order chi connectivity index (χ1) is 11.8. The minimum Gasteiger partial charge on any atom is -0.454 e. The summed E-state index contributed by atoms with van der Waals surface area (Å²) in [5.41, 5.74) is 4.84. The molecule has 2 aliphatic rings. The monoisotopic (exact) mass is 341 g/mol. The molecular weight excluding hydrogens is 322 g/mol. The molecule has 124 valence electrons. The Balaban J connectivity index is 1.27. The molecule has 0 bridgehead atoms. The van der Waals surface area contributed by atoms with Crippen molar-refractivity contribution in [2.75, 3.05) is 17.9 Å². The molecule has 1 N–H and O–H groups in total. The molecule has 0 atom stereocenters. The first-order valence-electron chi connectivity index (χ1n) is 8.16. The predicted molar refractivity (Wildman–Crippen MR) is 95.8 cm³/mol. The molecule has 4 nitrogen and oxygen atoms in total. The summed E-state index contributed by atoms with van der Waals surface area (Å²) in [6.45, 7) is 0.287. The molecule has 0 spiro atoms. The van der Waals surface area contributed by atoms with E-state index in [1.54, 1.807) is 11.8 Å². The Bertz CT molecular complexity index is 775. The maximum Gasteiger partial charge on any atom is 0.234 e. The van der Waals surface area contributed by atoms with Gasteiger partial charge in [-0.15, -0.1) is 11.8 Å². The van der Waals surface area contributed by atoms with E-state index < -0.39 is 0 Å². The molecule has 1 aliphatic carbocycles. The highest BCUT2D eigenvalue weighted by molar-refractivity contribution is 7.99. The summed E-state index contributed by atoms with van der Waals surface area (Å²) in [4.78, 5) is 12.1. The fourth-order valence-corrected chi connectivity index (χ4v) is 3.91. The second-order valence-corrected chi connectivity index (χ2v) is 7.05. The van der Waals surface area contributed by atoms with Crippen molar-refractivity contribution in [2.45, 2.75) is 25.0 Å². The van der Waals surface area contributed by atoms with Crippen LogP contribution in [0.4, 0.5) is 5.69 Å². The van der Waals surface area contributed by atoms with Crippen molar-refractivity contribution < 1.29 is 14.3 Å². The molecule has 4 rings (SSSR count). The Labute approximate surface area is 145 Å². The van der Waals surface area contributed by atoms with E-state index in [2.05, 4.69) is 17.4 Å². The fraction of sp³-hybridized carbons (Fsp3) is 0.316. The Morgan fingerprint density at radius 2 is 1.92 bits per heavy atom. The molecule has 0 saturated carbocycles. The topological polar surface area (TPSA) is 47.6 Å². The van der Waals surface area contributed by atoms with E-state index in [9.17, 15) is 4.79 Å². The third kappa shape index (κ3) is 3.36. The van der Waals surface area contributed by atoms with Gasteiger partial charge >= 0.3 is 0 Å². The van der Waals surface area contributed by atoms with Crippen molar-refractivity contribution >= 4 is 23.4 Å². The van der Waals surface area contributed by atoms with Crippen molar-refractivity contribution in [1.29, 1.82) is 0 Å². The highest BCUT2D eigenvalue weighted by Crippen LogP contribution is 2.33. The van der Waals surface area contributed by atoms with Gasteiger partial charge in [-0.1, -0.05) is 12.1 Å². The van der Waals surface area contributed by atoms with Gasteiger partial charge in [-0.05, 0) is 60.2 Å². The minimum absolute atomic E-state index is 0.0405. The maximum absolute atomic E-state index is 12.1. The summed E-state index contributed by atoms with van der Waals surface area (Å²) >= 11 is 1.60. The lowest BCUT2D eigenvalue weighted by atomic mass is 10.1. The smallest absolute Gasteiger partial charge is 0.234 e. The first-order valence-corrected chi connectivity index (χ1v) is 9.31. The van der Waals surface area contributed by atoms with Crippen LogP contribution in [0.5, 0.6) is 11.5 Å². The Kier molecular flexibility index (Phi) is 4.34. The van der Waals surface area contributed by atoms with Gasteiger partial charge in [-0.3, -0.25) is 4.79 Å². The van der Waals surface area contributed by atoms with Crippen LogP contribution in [0.25, 0.3) is 0 Å². The average molecular weight is 341 g/mol. The van der Waals surface area contributed by atoms with E-state index in [1.165, 1.54) is 17.5 Å². The van der Waals surface area contributed by atoms with Gasteiger partial charge in [0.15, 0.2) is 11.5 Å². The molecule has 0 aromatic heterocycles. The molecule has 24 heavy (non-hydrogen) atoms. The van der Waals surface area contributed by atoms with Crippen LogP contribution in [0.15, 0.2) is 36.4 Å². The number of hydrogen-bond donors (Lipinski definition) is 1. The van der Waals surface area contributed by atoms with Crippen molar-refractivity contribution in [1.82, 2.24) is 0 Å². The molecule has 2 aromatic carbocycles. The van der Waals surface area contributed by atoms with E-state index in [4.69, 9.17) is 9.47 Å². The summed E-state index contributed by atoms with van der Waals surface area (Å²) in [5, 5.41) is 3.00. The van der Waals surface area contributed by atoms with Crippen LogP contribution in [0.2, 0.25) is 0 Å². The number of thioether (sulfide) groups is 1. The maximum atomic E-state index is 12.1. The van der Waals surface area contributed by atoms with E-state index in [0.29, 0.717) is 5.75 Å². The van der Waals surface area contributed by atoms with Crippen LogP contribution in [-0.4, -0.2) is 18.5 Å². The van der Waals surface area contributed by atoms with Gasteiger partial charge in [-0.25, -0.2) is 0 Å². The Morgan fingerprint density at radius 1 is 1.04 bits per heavy atom. The number of anilines is 1. The van der Waals surface area contributed by atoms with Crippen molar-refractivity contribution in [3.63, 3.8) is 0 Å². The standard InChI is InChI=1S/C19H19NO3S/c21-19(20-16-6-5-14-2-1-3-15(14)9-16)11-24-10-13-4-7-17-18(8-13)23-12-22-17/h4-9H,1-3,10-12H2,(H,20,21). The number of fused-ring (bicyclic) bond motifs is 2. The normalized spacial score (nSPS) is 14.5. The lowest BCUT2D eigenvalue weighted by Crippen LogP contribution is -2.14. The van der Waals surface area contributed by atoms with Gasteiger partial charge in [-0.2, -0.15) is 0 Å². The van der Waals surface area contributed by atoms with Crippen LogP contribution in [0.1, 0.15) is 23.1 Å². The number of nitrogens with one attached hydrogen (secondary N) is 1. The van der Waals surface area contributed by atoms with Crippen LogP contribution in [0, 0.1) is 0 Å². The van der Waals surface area contributed by atoms with Gasteiger partial charge in [0.05, 0.1) is 5.75 Å². The third-order valence-corrected chi connectivity index (χ3v) is 5.32. The molecule has 1 amide bonds. The van der Waals surface area contributed by atoms with E-state index in [-0.39, 0.29) is 12.7 Å². The molecule has 2 aromatic rings. The molecule has 0 fully saturated rings. The highest BCUT2D eigenvalue weighted by Gasteiger charge is 2.14. The number of aryl methyl sites for hydroxylation is 2. The van der Waals surface area contributed by atoms with Gasteiger partial charge in [0.25, 0.3) is 0 Å². The van der Waals surface area contributed by atoms with Crippen LogP contribution < -0.4 is 14.8 Å². The third-order valence-electron chi connectivity index (χ3n) is 4.32. The van der Waals surface area contributed by atoms with Crippen molar-refractivity contribution in [2.24, 2.45) is 0 Å². The lowest BCUT2D eigenvalue weighted by Gasteiger charge is -2.08. The number of rotatable bonds is 5. The molecule has 0 saturated heterocycles. The molecule has 1 heterocycles. The number of ether oxygens (including phenoxy) is 2. The average Bonchev–Trinajstić information content (AvgIpc) is 3.22. The first kappa shape index (κ1) is 15.4. The summed E-state index contributed by atoms with van der Waals surface area (Å²) in [6.07, 6.45) is 3.50. The number of carbonyl (C=O) groups excluding carboxylic acids is 1. The zero-order valence-corrected chi connectivity index (χ0v) is 14.2. The number of amides is 1. The Morgan fingerprint density at radius 3 is 2.88 bits per heavy atom. The zero-order valence-electron chi connectivity index (χ0n) is 13.3. The van der Waals surface area contributed by atoms with Crippen molar-refractivity contribution in [3.8, 4) is 11.5 Å². The molecule has 0 radical (unpaired) electrons. The molecular formula is C19H19NO3S. The number of benzene rings is 2. The van der Waals surface area contributed by atoms with E-state index >= 15 is 0 Å². The Hall–Kier alpha value is -2.14. The van der Waals surface area contributed by atoms with Crippen LogP contribution in [-0.2, 0) is 23.4 Å². The fourth-order valence-electron chi connectivity index (χ4n) is 3.14. The van der Waals surface area contributed by atoms with Gasteiger partial charge < -0.3 is 14.8 Å². The zero-order chi connectivity index (χ0) is 16.4. The second kappa shape index (κ2) is 6.77. The number of carbonyl (C=O) groups is 1. The minimum atomic E-state index is 0.0405. The highest BCUT2D eigenvalue weighted by atomic mass is 32.2. The molecule has 5 heteroatoms. The molecule has 1 aliphatic heterocycles. The van der Waals surface area contributed by atoms with E-state index in [1.807, 2.05) is 24.3 Å². The lowest BCUT2D eigenvalue weighted by molar-refractivity contribution is -0.113. The van der Waals surface area contributed by atoms with Gasteiger partial charge in [0.2, 0.25) is 12.7 Å². The van der Waals surface area contributed by atoms with Crippen LogP contribution in [0.3, 0.4) is 0 Å². The van der Waals surface area contributed by atoms with Crippen LogP contribution >= 0.6 is 11.8 Å². The second-order valence-electron chi connectivity index (χ2n) is 6.07. The summed E-state index contributed by atoms with van der Waals surface area (Å²) < 4.78 is 10.7. The largest absolute Gasteiger partial charge is 0.454 e. The van der Waals surface area contributed by atoms with Crippen molar-refractivity contribution in [3.05, 3.63) is 53.1 Å². The van der Waals surface area contributed by atoms with Gasteiger partial charge in [0, 0.05) is 11.4 Å².